The van der Waals surface area contributed by atoms with Crippen LogP contribution in [0, 0.1) is 0 Å². The van der Waals surface area contributed by atoms with Crippen molar-refractivity contribution in [3.8, 4) is 5.75 Å². The molecule has 3 aromatic rings. The Kier molecular flexibility index (Phi) is 4.19. The Morgan fingerprint density at radius 1 is 1.16 bits per heavy atom. The van der Waals surface area contributed by atoms with Gasteiger partial charge in [-0.25, -0.2) is 0 Å². The van der Waals surface area contributed by atoms with Crippen molar-refractivity contribution in [2.24, 2.45) is 0 Å². The summed E-state index contributed by atoms with van der Waals surface area (Å²) in [7, 11) is -3.73. The van der Waals surface area contributed by atoms with Gasteiger partial charge in [-0.3, -0.25) is 0 Å². The average Bonchev–Trinajstić information content (AvgIpc) is 3.30. The van der Waals surface area contributed by atoms with Crippen LogP contribution in [0.25, 0.3) is 10.9 Å². The minimum absolute atomic E-state index is 0.210. The molecule has 1 atom stereocenters. The Hall–Kier alpha value is -2.38. The van der Waals surface area contributed by atoms with Crippen LogP contribution >= 0.6 is 0 Å². The van der Waals surface area contributed by atoms with Crippen LogP contribution in [0.3, 0.4) is 0 Å². The number of hydrogen-bond acceptors (Lipinski definition) is 5. The summed E-state index contributed by atoms with van der Waals surface area (Å²) in [4.78, 5) is 0.210. The van der Waals surface area contributed by atoms with Gasteiger partial charge in [0.15, 0.2) is 0 Å². The van der Waals surface area contributed by atoms with Crippen LogP contribution in [-0.4, -0.2) is 36.8 Å². The highest BCUT2D eigenvalue weighted by Gasteiger charge is 2.21. The normalized spacial score (nSPS) is 17.8. The molecule has 4 rings (SSSR count). The van der Waals surface area contributed by atoms with Crippen molar-refractivity contribution in [3.05, 3.63) is 54.7 Å². The largest absolute Gasteiger partial charge is 0.491 e. The third-order valence-corrected chi connectivity index (χ3v) is 6.03. The van der Waals surface area contributed by atoms with E-state index in [9.17, 15) is 8.42 Å². The van der Waals surface area contributed by atoms with E-state index >= 15 is 0 Å². The van der Waals surface area contributed by atoms with Gasteiger partial charge >= 0.3 is 0 Å². The Labute approximate surface area is 146 Å². The van der Waals surface area contributed by atoms with E-state index in [-0.39, 0.29) is 4.90 Å². The van der Waals surface area contributed by atoms with Gasteiger partial charge in [0.1, 0.15) is 12.4 Å². The fourth-order valence-corrected chi connectivity index (χ4v) is 4.39. The van der Waals surface area contributed by atoms with E-state index in [1.165, 1.54) is 0 Å². The predicted octanol–water partition coefficient (Wildman–Crippen LogP) is 2.40. The molecule has 2 heterocycles. The third kappa shape index (κ3) is 3.01. The summed E-state index contributed by atoms with van der Waals surface area (Å²) in [5.74, 6) is 0.653. The first-order valence-electron chi connectivity index (χ1n) is 8.30. The molecule has 1 aliphatic heterocycles. The molecule has 1 N–H and O–H groups in total. The van der Waals surface area contributed by atoms with E-state index in [0.29, 0.717) is 29.3 Å². The van der Waals surface area contributed by atoms with E-state index in [4.69, 9.17) is 4.74 Å². The Balaban J connectivity index is 1.69. The van der Waals surface area contributed by atoms with Gasteiger partial charge in [-0.05, 0) is 43.7 Å². The lowest BCUT2D eigenvalue weighted by molar-refractivity contribution is 0.280. The molecular weight excluding hydrogens is 338 g/mol. The smallest absolute Gasteiger partial charge is 0.283 e. The Morgan fingerprint density at radius 3 is 2.76 bits per heavy atom. The lowest BCUT2D eigenvalue weighted by Crippen LogP contribution is -2.28. The van der Waals surface area contributed by atoms with Crippen molar-refractivity contribution < 1.29 is 13.2 Å². The maximum Gasteiger partial charge on any atom is 0.283 e. The molecule has 6 nitrogen and oxygen atoms in total. The van der Waals surface area contributed by atoms with Gasteiger partial charge in [-0.2, -0.15) is 17.6 Å². The standard InChI is InChI=1S/C18H19N3O3S/c22-25(23,15-7-2-1-3-8-15)21-17-9-4-10-18(16(17)12-20-21)24-13-14-6-5-11-19-14/h1-4,7-10,12,14,19H,5-6,11,13H2/t14-/m1/s1. The summed E-state index contributed by atoms with van der Waals surface area (Å²) in [5, 5.41) is 8.20. The first-order valence-corrected chi connectivity index (χ1v) is 9.74. The fraction of sp³-hybridized carbons (Fsp3) is 0.278. The molecule has 0 saturated carbocycles. The maximum absolute atomic E-state index is 12.8. The summed E-state index contributed by atoms with van der Waals surface area (Å²) in [6, 6.07) is 14.0. The number of nitrogens with one attached hydrogen (secondary N) is 1. The molecule has 0 amide bonds. The topological polar surface area (TPSA) is 73.2 Å². The Bertz CT molecular complexity index is 977. The highest BCUT2D eigenvalue weighted by atomic mass is 32.2. The molecule has 2 aromatic carbocycles. The van der Waals surface area contributed by atoms with Crippen LogP contribution in [0.1, 0.15) is 12.8 Å². The van der Waals surface area contributed by atoms with Crippen LogP contribution in [0.15, 0.2) is 59.6 Å². The maximum atomic E-state index is 12.8. The van der Waals surface area contributed by atoms with Crippen LogP contribution in [0.4, 0.5) is 0 Å². The van der Waals surface area contributed by atoms with Crippen LogP contribution in [0.2, 0.25) is 0 Å². The highest BCUT2D eigenvalue weighted by Crippen LogP contribution is 2.28. The molecule has 0 aliphatic carbocycles. The van der Waals surface area contributed by atoms with Crippen LogP contribution in [-0.2, 0) is 10.0 Å². The van der Waals surface area contributed by atoms with Gasteiger partial charge in [0.05, 0.1) is 22.0 Å². The van der Waals surface area contributed by atoms with Crippen molar-refractivity contribution in [1.82, 2.24) is 14.5 Å². The number of fused-ring (bicyclic) bond motifs is 1. The zero-order valence-corrected chi connectivity index (χ0v) is 14.4. The molecule has 0 radical (unpaired) electrons. The van der Waals surface area contributed by atoms with Crippen LogP contribution in [0.5, 0.6) is 5.75 Å². The van der Waals surface area contributed by atoms with Gasteiger partial charge in [0.2, 0.25) is 0 Å². The molecule has 0 unspecified atom stereocenters. The molecule has 130 valence electrons. The second-order valence-corrected chi connectivity index (χ2v) is 7.87. The van der Waals surface area contributed by atoms with E-state index in [2.05, 4.69) is 10.4 Å². The number of nitrogens with zero attached hydrogens (tertiary/aromatic N) is 2. The van der Waals surface area contributed by atoms with Gasteiger partial charge < -0.3 is 10.1 Å². The zero-order valence-electron chi connectivity index (χ0n) is 13.6. The van der Waals surface area contributed by atoms with Gasteiger partial charge in [-0.1, -0.05) is 24.3 Å². The average molecular weight is 357 g/mol. The second-order valence-electron chi connectivity index (χ2n) is 6.10. The molecule has 1 aromatic heterocycles. The summed E-state index contributed by atoms with van der Waals surface area (Å²) >= 11 is 0. The predicted molar refractivity (Wildman–Crippen MR) is 95.3 cm³/mol. The number of ether oxygens (including phenoxy) is 1. The molecular formula is C18H19N3O3S. The van der Waals surface area contributed by atoms with Crippen molar-refractivity contribution in [2.75, 3.05) is 13.2 Å². The monoisotopic (exact) mass is 357 g/mol. The fourth-order valence-electron chi connectivity index (χ4n) is 3.10. The van der Waals surface area contributed by atoms with Gasteiger partial charge in [-0.15, -0.1) is 0 Å². The molecule has 1 fully saturated rings. The first kappa shape index (κ1) is 16.1. The summed E-state index contributed by atoms with van der Waals surface area (Å²) in [5.41, 5.74) is 0.515. The van der Waals surface area contributed by atoms with E-state index in [1.807, 2.05) is 6.07 Å². The van der Waals surface area contributed by atoms with Crippen LogP contribution < -0.4 is 10.1 Å². The number of hydrogen-bond donors (Lipinski definition) is 1. The number of aromatic nitrogens is 2. The van der Waals surface area contributed by atoms with Crippen molar-refractivity contribution in [2.45, 2.75) is 23.8 Å². The summed E-state index contributed by atoms with van der Waals surface area (Å²) in [6.07, 6.45) is 3.80. The van der Waals surface area contributed by atoms with Crippen molar-refractivity contribution >= 4 is 20.9 Å². The minimum atomic E-state index is -3.73. The summed E-state index contributed by atoms with van der Waals surface area (Å²) < 4.78 is 32.7. The lowest BCUT2D eigenvalue weighted by Gasteiger charge is -2.13. The molecule has 25 heavy (non-hydrogen) atoms. The molecule has 0 spiro atoms. The second kappa shape index (κ2) is 6.50. The zero-order chi connectivity index (χ0) is 17.3. The summed E-state index contributed by atoms with van der Waals surface area (Å²) in [6.45, 7) is 1.58. The van der Waals surface area contributed by atoms with Crippen molar-refractivity contribution in [3.63, 3.8) is 0 Å². The minimum Gasteiger partial charge on any atom is -0.491 e. The molecule has 1 aliphatic rings. The quantitative estimate of drug-likeness (QED) is 0.759. The van der Waals surface area contributed by atoms with Crippen molar-refractivity contribution in [1.29, 1.82) is 0 Å². The van der Waals surface area contributed by atoms with Gasteiger partial charge in [0.25, 0.3) is 10.0 Å². The Morgan fingerprint density at radius 2 is 2.00 bits per heavy atom. The molecule has 7 heteroatoms. The highest BCUT2D eigenvalue weighted by molar-refractivity contribution is 7.90. The number of rotatable bonds is 5. The molecule has 1 saturated heterocycles. The van der Waals surface area contributed by atoms with E-state index < -0.39 is 10.0 Å². The SMILES string of the molecule is O=S(=O)(c1ccccc1)n1ncc2c(OC[C@H]3CCCN3)cccc21. The van der Waals surface area contributed by atoms with E-state index in [0.717, 1.165) is 23.5 Å². The van der Waals surface area contributed by atoms with E-state index in [1.54, 1.807) is 48.7 Å². The molecule has 0 bridgehead atoms. The third-order valence-electron chi connectivity index (χ3n) is 4.41. The first-order chi connectivity index (χ1) is 12.2. The number of benzene rings is 2. The lowest BCUT2D eigenvalue weighted by atomic mass is 10.2. The van der Waals surface area contributed by atoms with Gasteiger partial charge in [0, 0.05) is 6.04 Å².